The summed E-state index contributed by atoms with van der Waals surface area (Å²) in [5.41, 5.74) is 1.41. The molecule has 27 heavy (non-hydrogen) atoms. The van der Waals surface area contributed by atoms with Crippen molar-refractivity contribution in [1.82, 2.24) is 0 Å². The zero-order valence-electron chi connectivity index (χ0n) is 15.6. The molecule has 2 rings (SSSR count). The maximum Gasteiger partial charge on any atom is 0.310 e. The van der Waals surface area contributed by atoms with Crippen LogP contribution in [0.5, 0.6) is 0 Å². The normalized spacial score (nSPS) is 30.9. The van der Waals surface area contributed by atoms with Crippen molar-refractivity contribution in [2.45, 2.75) is 63.5 Å². The van der Waals surface area contributed by atoms with Crippen LogP contribution in [0, 0.1) is 5.92 Å². The molecule has 1 aromatic carbocycles. The van der Waals surface area contributed by atoms with Crippen molar-refractivity contribution in [1.29, 1.82) is 0 Å². The average molecular weight is 384 g/mol. The Morgan fingerprint density at radius 3 is 2.07 bits per heavy atom. The Balaban J connectivity index is 2.19. The van der Waals surface area contributed by atoms with Crippen LogP contribution < -0.4 is 0 Å². The Labute approximate surface area is 158 Å². The Bertz CT molecular complexity index is 615. The van der Waals surface area contributed by atoms with Crippen molar-refractivity contribution >= 4 is 5.97 Å². The van der Waals surface area contributed by atoms with E-state index in [1.165, 1.54) is 0 Å². The largest absolute Gasteiger partial charge is 0.481 e. The van der Waals surface area contributed by atoms with E-state index < -0.39 is 55.3 Å². The van der Waals surface area contributed by atoms with Crippen LogP contribution in [0.4, 0.5) is 0 Å². The van der Waals surface area contributed by atoms with Crippen LogP contribution in [0.15, 0.2) is 24.3 Å². The molecule has 0 amide bonds. The highest BCUT2D eigenvalue weighted by Crippen LogP contribution is 2.32. The fourth-order valence-corrected chi connectivity index (χ4v) is 3.06. The molecule has 0 bridgehead atoms. The molecule has 8 nitrogen and oxygen atoms in total. The number of hydrogen-bond donors (Lipinski definition) is 5. The zero-order chi connectivity index (χ0) is 20.3. The minimum Gasteiger partial charge on any atom is -0.481 e. The number of ether oxygens (including phenoxy) is 2. The van der Waals surface area contributed by atoms with Crippen molar-refractivity contribution in [3.8, 4) is 0 Å². The van der Waals surface area contributed by atoms with E-state index in [4.69, 9.17) is 14.6 Å². The predicted octanol–water partition coefficient (Wildman–Crippen LogP) is 0.388. The van der Waals surface area contributed by atoms with Gasteiger partial charge in [0.2, 0.25) is 0 Å². The molecular weight excluding hydrogens is 356 g/mol. The maximum atomic E-state index is 11.1. The number of aliphatic carboxylic acids is 1. The van der Waals surface area contributed by atoms with Gasteiger partial charge in [-0.3, -0.25) is 4.79 Å². The molecule has 1 aliphatic heterocycles. The first-order valence-corrected chi connectivity index (χ1v) is 8.96. The fraction of sp³-hybridized carbons (Fsp3) is 0.632. The Hall–Kier alpha value is -1.55. The van der Waals surface area contributed by atoms with Gasteiger partial charge in [0, 0.05) is 0 Å². The maximum absolute atomic E-state index is 11.1. The highest BCUT2D eigenvalue weighted by molar-refractivity contribution is 5.75. The Morgan fingerprint density at radius 2 is 1.59 bits per heavy atom. The summed E-state index contributed by atoms with van der Waals surface area (Å²) in [5.74, 6) is -1.58. The molecule has 1 aliphatic rings. The highest BCUT2D eigenvalue weighted by Gasteiger charge is 2.45. The van der Waals surface area contributed by atoms with Crippen molar-refractivity contribution in [3.05, 3.63) is 35.4 Å². The van der Waals surface area contributed by atoms with Crippen molar-refractivity contribution < 1.29 is 39.8 Å². The molecule has 5 N–H and O–H groups in total. The summed E-state index contributed by atoms with van der Waals surface area (Å²) in [5, 5.41) is 48.3. The van der Waals surface area contributed by atoms with Crippen molar-refractivity contribution in [2.75, 3.05) is 6.61 Å². The molecule has 1 aromatic rings. The summed E-state index contributed by atoms with van der Waals surface area (Å²) in [6.07, 6.45) is -7.21. The van der Waals surface area contributed by atoms with Gasteiger partial charge in [0.05, 0.1) is 18.6 Å². The molecule has 0 aliphatic carbocycles. The Kier molecular flexibility index (Phi) is 7.32. The second-order valence-corrected chi connectivity index (χ2v) is 7.22. The number of hydrogen-bond acceptors (Lipinski definition) is 7. The van der Waals surface area contributed by atoms with E-state index in [1.807, 2.05) is 13.8 Å². The summed E-state index contributed by atoms with van der Waals surface area (Å²) >= 11 is 0. The van der Waals surface area contributed by atoms with Gasteiger partial charge < -0.3 is 35.0 Å². The molecule has 152 valence electrons. The number of benzene rings is 1. The lowest BCUT2D eigenvalue weighted by molar-refractivity contribution is -0.315. The topological polar surface area (TPSA) is 137 Å². The first-order valence-electron chi connectivity index (χ1n) is 8.96. The van der Waals surface area contributed by atoms with Crippen LogP contribution in [0.3, 0.4) is 0 Å². The van der Waals surface area contributed by atoms with Crippen LogP contribution in [-0.4, -0.2) is 68.8 Å². The van der Waals surface area contributed by atoms with E-state index in [9.17, 15) is 25.2 Å². The third kappa shape index (κ3) is 4.84. The lowest BCUT2D eigenvalue weighted by atomic mass is 9.94. The standard InChI is InChI=1S/C19H28O8/c1-9(2)17(12-6-4-11(5-7-12)10(3)18(24)25)27-19-16(23)15(22)14(21)13(8-20)26-19/h4-7,9-10,13-17,19-23H,8H2,1-3H3,(H,24,25)/t10?,13-,14-,15+,16-,17?,19?/m1/s1. The minimum absolute atomic E-state index is 0.0277. The third-order valence-corrected chi connectivity index (χ3v) is 4.87. The zero-order valence-corrected chi connectivity index (χ0v) is 15.6. The van der Waals surface area contributed by atoms with E-state index in [0.29, 0.717) is 5.56 Å². The monoisotopic (exact) mass is 384 g/mol. The Morgan fingerprint density at radius 1 is 1.04 bits per heavy atom. The SMILES string of the molecule is CC(C(=O)O)c1ccc(C(OC2O[C@H](CO)[C@@H](O)[C@H](O)[C@H]2O)C(C)C)cc1. The summed E-state index contributed by atoms with van der Waals surface area (Å²) in [4.78, 5) is 11.1. The van der Waals surface area contributed by atoms with Gasteiger partial charge in [-0.05, 0) is 24.0 Å². The quantitative estimate of drug-likeness (QED) is 0.455. The van der Waals surface area contributed by atoms with E-state index in [2.05, 4.69) is 0 Å². The van der Waals surface area contributed by atoms with E-state index in [-0.39, 0.29) is 5.92 Å². The van der Waals surface area contributed by atoms with Crippen LogP contribution in [0.2, 0.25) is 0 Å². The van der Waals surface area contributed by atoms with Gasteiger partial charge in [-0.15, -0.1) is 0 Å². The third-order valence-electron chi connectivity index (χ3n) is 4.87. The summed E-state index contributed by atoms with van der Waals surface area (Å²) < 4.78 is 11.3. The lowest BCUT2D eigenvalue weighted by Gasteiger charge is -2.41. The molecule has 0 spiro atoms. The highest BCUT2D eigenvalue weighted by atomic mass is 16.7. The second-order valence-electron chi connectivity index (χ2n) is 7.22. The number of carboxylic acid groups (broad SMARTS) is 1. The van der Waals surface area contributed by atoms with Crippen LogP contribution in [0.1, 0.15) is 43.9 Å². The summed E-state index contributed by atoms with van der Waals surface area (Å²) in [6.45, 7) is 4.88. The molecule has 0 radical (unpaired) electrons. The molecule has 1 fully saturated rings. The smallest absolute Gasteiger partial charge is 0.310 e. The van der Waals surface area contributed by atoms with Gasteiger partial charge in [-0.1, -0.05) is 38.1 Å². The number of aliphatic hydroxyl groups is 4. The first kappa shape index (κ1) is 21.7. The van der Waals surface area contributed by atoms with Gasteiger partial charge in [0.15, 0.2) is 6.29 Å². The first-order chi connectivity index (χ1) is 12.7. The van der Waals surface area contributed by atoms with Crippen LogP contribution in [0.25, 0.3) is 0 Å². The van der Waals surface area contributed by atoms with Gasteiger partial charge in [0.25, 0.3) is 0 Å². The molecule has 1 saturated heterocycles. The number of rotatable bonds is 7. The summed E-state index contributed by atoms with van der Waals surface area (Å²) in [6, 6.07) is 6.92. The number of carboxylic acids is 1. The molecule has 0 saturated carbocycles. The lowest BCUT2D eigenvalue weighted by Crippen LogP contribution is -2.59. The van der Waals surface area contributed by atoms with Crippen molar-refractivity contribution in [3.63, 3.8) is 0 Å². The summed E-state index contributed by atoms with van der Waals surface area (Å²) in [7, 11) is 0. The van der Waals surface area contributed by atoms with Gasteiger partial charge >= 0.3 is 5.97 Å². The molecule has 8 heteroatoms. The molecule has 3 unspecified atom stereocenters. The molecule has 0 aromatic heterocycles. The number of aliphatic hydroxyl groups excluding tert-OH is 4. The van der Waals surface area contributed by atoms with Crippen LogP contribution >= 0.6 is 0 Å². The molecule has 7 atom stereocenters. The van der Waals surface area contributed by atoms with Crippen LogP contribution in [-0.2, 0) is 14.3 Å². The van der Waals surface area contributed by atoms with E-state index >= 15 is 0 Å². The predicted molar refractivity (Wildman–Crippen MR) is 94.9 cm³/mol. The molecular formula is C19H28O8. The fourth-order valence-electron chi connectivity index (χ4n) is 3.06. The van der Waals surface area contributed by atoms with E-state index in [0.717, 1.165) is 5.56 Å². The average Bonchev–Trinajstić information content (AvgIpc) is 2.65. The van der Waals surface area contributed by atoms with Crippen molar-refractivity contribution in [2.24, 2.45) is 5.92 Å². The second kappa shape index (κ2) is 9.09. The van der Waals surface area contributed by atoms with Gasteiger partial charge in [-0.25, -0.2) is 0 Å². The van der Waals surface area contributed by atoms with E-state index in [1.54, 1.807) is 31.2 Å². The van der Waals surface area contributed by atoms with Gasteiger partial charge in [0.1, 0.15) is 24.4 Å². The van der Waals surface area contributed by atoms with Gasteiger partial charge in [-0.2, -0.15) is 0 Å². The number of carbonyl (C=O) groups is 1. The minimum atomic E-state index is -1.51. The molecule has 1 heterocycles.